The monoisotopic (exact) mass is 170 g/mol. The molecule has 0 aromatic rings. The van der Waals surface area contributed by atoms with E-state index in [1.807, 2.05) is 6.92 Å². The third-order valence-electron chi connectivity index (χ3n) is 0.507. The molecule has 1 unspecified atom stereocenters. The average molecular weight is 171 g/mol. The van der Waals surface area contributed by atoms with Crippen molar-refractivity contribution in [3.8, 4) is 0 Å². The van der Waals surface area contributed by atoms with Crippen molar-refractivity contribution in [2.75, 3.05) is 5.33 Å². The summed E-state index contributed by atoms with van der Waals surface area (Å²) in [4.78, 5) is 0. The van der Waals surface area contributed by atoms with Gasteiger partial charge >= 0.3 is 0 Å². The van der Waals surface area contributed by atoms with Crippen molar-refractivity contribution in [3.63, 3.8) is 0 Å². The third-order valence-corrected chi connectivity index (χ3v) is 1.18. The average Bonchev–Trinajstić information content (AvgIpc) is 1.35. The summed E-state index contributed by atoms with van der Waals surface area (Å²) in [5.41, 5.74) is 0. The molecule has 0 aromatic heterocycles. The first kappa shape index (κ1) is 6.77. The van der Waals surface area contributed by atoms with Crippen LogP contribution in [0.25, 0.3) is 0 Å². The van der Waals surface area contributed by atoms with E-state index in [9.17, 15) is 0 Å². The Hall–Kier alpha value is 0.770. The summed E-state index contributed by atoms with van der Waals surface area (Å²) in [5, 5.41) is 1.34. The Balaban J connectivity index is 2.63. The highest BCUT2D eigenvalue weighted by atomic mass is 79.9. The fraction of sp³-hybridized carbons (Fsp3) is 1.00. The molecule has 1 atom stereocenters. The Morgan fingerprint density at radius 1 is 1.83 bits per heavy atom. The summed E-state index contributed by atoms with van der Waals surface area (Å²) in [6, 6.07) is 0. The van der Waals surface area contributed by atoms with Crippen molar-refractivity contribution < 1.29 is 0 Å². The highest BCUT2D eigenvalue weighted by Crippen LogP contribution is 2.00. The van der Waals surface area contributed by atoms with E-state index in [1.165, 1.54) is 0 Å². The van der Waals surface area contributed by atoms with Crippen molar-refractivity contribution in [3.05, 3.63) is 0 Å². The normalized spacial score (nSPS) is 14.5. The predicted molar refractivity (Wildman–Crippen MR) is 33.7 cm³/mol. The quantitative estimate of drug-likeness (QED) is 0.560. The predicted octanol–water partition coefficient (Wildman–Crippen LogP) is 2.40. The minimum atomic E-state index is 0.323. The Bertz CT molecular complexity index is 28.7. The molecule has 0 nitrogen and oxygen atoms in total. The van der Waals surface area contributed by atoms with Gasteiger partial charge in [0.1, 0.15) is 0 Å². The van der Waals surface area contributed by atoms with E-state index >= 15 is 0 Å². The van der Waals surface area contributed by atoms with Gasteiger partial charge in [0, 0.05) is 10.7 Å². The van der Waals surface area contributed by atoms with Crippen LogP contribution in [0.5, 0.6) is 0 Å². The maximum absolute atomic E-state index is 5.55. The Morgan fingerprint density at radius 3 is 2.33 bits per heavy atom. The molecule has 0 aromatic carbocycles. The molecule has 0 amide bonds. The van der Waals surface area contributed by atoms with Crippen molar-refractivity contribution in [1.82, 2.24) is 0 Å². The first-order valence-corrected chi connectivity index (χ1v) is 3.53. The van der Waals surface area contributed by atoms with Crippen LogP contribution in [0.4, 0.5) is 0 Å². The van der Waals surface area contributed by atoms with Gasteiger partial charge in [-0.1, -0.05) is 15.9 Å². The molecule has 0 saturated carbocycles. The van der Waals surface area contributed by atoms with Gasteiger partial charge in [0.2, 0.25) is 0 Å². The van der Waals surface area contributed by atoms with Crippen LogP contribution < -0.4 is 0 Å². The van der Waals surface area contributed by atoms with Crippen LogP contribution >= 0.6 is 27.5 Å². The van der Waals surface area contributed by atoms with Gasteiger partial charge in [0.15, 0.2) is 0 Å². The molecule has 0 aliphatic carbocycles. The molecule has 0 rings (SSSR count). The lowest BCUT2D eigenvalue weighted by atomic mass is 10.4. The van der Waals surface area contributed by atoms with Gasteiger partial charge in [0.05, 0.1) is 0 Å². The summed E-state index contributed by atoms with van der Waals surface area (Å²) in [6.07, 6.45) is 1.06. The SMILES string of the molecule is CC(Cl)CCBr. The number of halogens is 2. The van der Waals surface area contributed by atoms with Crippen LogP contribution in [0.1, 0.15) is 13.3 Å². The first-order chi connectivity index (χ1) is 2.77. The molecule has 38 valence electrons. The van der Waals surface area contributed by atoms with Crippen molar-refractivity contribution >= 4 is 27.5 Å². The zero-order valence-corrected chi connectivity index (χ0v) is 6.09. The molecule has 0 aliphatic rings. The Morgan fingerprint density at radius 2 is 2.33 bits per heavy atom. The van der Waals surface area contributed by atoms with E-state index in [-0.39, 0.29) is 0 Å². The van der Waals surface area contributed by atoms with E-state index < -0.39 is 0 Å². The van der Waals surface area contributed by atoms with E-state index in [0.29, 0.717) is 5.38 Å². The smallest absolute Gasteiger partial charge is 0.0315 e. The van der Waals surface area contributed by atoms with E-state index in [0.717, 1.165) is 11.8 Å². The van der Waals surface area contributed by atoms with Gasteiger partial charge in [-0.05, 0) is 13.3 Å². The molecule has 0 heterocycles. The number of alkyl halides is 2. The van der Waals surface area contributed by atoms with E-state index in [1.54, 1.807) is 0 Å². The van der Waals surface area contributed by atoms with E-state index in [4.69, 9.17) is 11.6 Å². The van der Waals surface area contributed by atoms with Crippen LogP contribution in [0, 0.1) is 0 Å². The summed E-state index contributed by atoms with van der Waals surface area (Å²) in [6.45, 7) is 1.99. The molecule has 0 spiro atoms. The van der Waals surface area contributed by atoms with E-state index in [2.05, 4.69) is 15.9 Å². The third kappa shape index (κ3) is 4.77. The summed E-state index contributed by atoms with van der Waals surface area (Å²) >= 11 is 8.81. The summed E-state index contributed by atoms with van der Waals surface area (Å²) in [7, 11) is 0. The molecular weight excluding hydrogens is 163 g/mol. The second-order valence-electron chi connectivity index (χ2n) is 1.26. The lowest BCUT2D eigenvalue weighted by molar-refractivity contribution is 0.911. The summed E-state index contributed by atoms with van der Waals surface area (Å²) in [5.74, 6) is 0. The Labute approximate surface area is 52.0 Å². The van der Waals surface area contributed by atoms with Gasteiger partial charge in [-0.2, -0.15) is 0 Å². The lowest BCUT2D eigenvalue weighted by Gasteiger charge is -1.92. The Kier molecular flexibility index (Phi) is 4.45. The van der Waals surface area contributed by atoms with Gasteiger partial charge in [0.25, 0.3) is 0 Å². The maximum atomic E-state index is 5.55. The molecule has 0 N–H and O–H groups in total. The standard InChI is InChI=1S/C4H8BrCl/c1-4(6)2-3-5/h4H,2-3H2,1H3. The van der Waals surface area contributed by atoms with Gasteiger partial charge < -0.3 is 0 Å². The van der Waals surface area contributed by atoms with Crippen LogP contribution in [-0.4, -0.2) is 10.7 Å². The van der Waals surface area contributed by atoms with Gasteiger partial charge in [-0.3, -0.25) is 0 Å². The van der Waals surface area contributed by atoms with Crippen molar-refractivity contribution in [2.24, 2.45) is 0 Å². The number of hydrogen-bond acceptors (Lipinski definition) is 0. The molecule has 0 aliphatic heterocycles. The number of hydrogen-bond donors (Lipinski definition) is 0. The first-order valence-electron chi connectivity index (χ1n) is 1.97. The molecular formula is C4H8BrCl. The summed E-state index contributed by atoms with van der Waals surface area (Å²) < 4.78 is 0. The van der Waals surface area contributed by atoms with Crippen molar-refractivity contribution in [2.45, 2.75) is 18.7 Å². The zero-order valence-electron chi connectivity index (χ0n) is 3.75. The lowest BCUT2D eigenvalue weighted by Crippen LogP contribution is -1.88. The fourth-order valence-corrected chi connectivity index (χ4v) is 1.21. The number of rotatable bonds is 2. The van der Waals surface area contributed by atoms with Crippen LogP contribution in [-0.2, 0) is 0 Å². The minimum Gasteiger partial charge on any atom is -0.123 e. The molecule has 0 fully saturated rings. The highest BCUT2D eigenvalue weighted by molar-refractivity contribution is 9.09. The van der Waals surface area contributed by atoms with Crippen LogP contribution in [0.2, 0.25) is 0 Å². The van der Waals surface area contributed by atoms with Crippen LogP contribution in [0.15, 0.2) is 0 Å². The van der Waals surface area contributed by atoms with Gasteiger partial charge in [-0.25, -0.2) is 0 Å². The molecule has 2 heteroatoms. The largest absolute Gasteiger partial charge is 0.123 e. The van der Waals surface area contributed by atoms with Gasteiger partial charge in [-0.15, -0.1) is 11.6 Å². The topological polar surface area (TPSA) is 0 Å². The molecule has 6 heavy (non-hydrogen) atoms. The molecule has 0 bridgehead atoms. The highest BCUT2D eigenvalue weighted by Gasteiger charge is 1.89. The zero-order chi connectivity index (χ0) is 4.99. The fourth-order valence-electron chi connectivity index (χ4n) is 0.150. The second kappa shape index (κ2) is 3.94. The molecule has 0 radical (unpaired) electrons. The van der Waals surface area contributed by atoms with Crippen molar-refractivity contribution in [1.29, 1.82) is 0 Å². The second-order valence-corrected chi connectivity index (χ2v) is 2.80. The molecule has 0 saturated heterocycles. The van der Waals surface area contributed by atoms with Crippen LogP contribution in [0.3, 0.4) is 0 Å². The maximum Gasteiger partial charge on any atom is 0.0315 e. The minimum absolute atomic E-state index is 0.323.